The zero-order valence-electron chi connectivity index (χ0n) is 20.7. The van der Waals surface area contributed by atoms with Gasteiger partial charge in [-0.3, -0.25) is 0 Å². The van der Waals surface area contributed by atoms with Gasteiger partial charge in [-0.05, 0) is 42.5 Å². The molecule has 39 heavy (non-hydrogen) atoms. The number of hydrogen-bond acceptors (Lipinski definition) is 4. The number of rotatable bonds is 5. The summed E-state index contributed by atoms with van der Waals surface area (Å²) in [7, 11) is -7.07. The van der Waals surface area contributed by atoms with E-state index in [-0.39, 0.29) is 0 Å². The maximum absolute atomic E-state index is 9.75. The van der Waals surface area contributed by atoms with Gasteiger partial charge in [0.2, 0.25) is 11.0 Å². The predicted molar refractivity (Wildman–Crippen MR) is 132 cm³/mol. The first-order valence-electron chi connectivity index (χ1n) is 11.0. The zero-order valence-corrected chi connectivity index (χ0v) is 20.7. The molecule has 0 spiro atoms. The topological polar surface area (TPSA) is 54.8 Å². The average molecular weight is 562 g/mol. The lowest BCUT2D eigenvalue weighted by atomic mass is 10.1. The molecule has 0 atom stereocenters. The highest BCUT2D eigenvalue weighted by atomic mass is 19.5. The summed E-state index contributed by atoms with van der Waals surface area (Å²) in [4.78, 5) is 3.49. The Morgan fingerprint density at radius 3 is 1.72 bits per heavy atom. The zero-order chi connectivity index (χ0) is 29.2. The Morgan fingerprint density at radius 1 is 0.641 bits per heavy atom. The van der Waals surface area contributed by atoms with Gasteiger partial charge in [0, 0.05) is 17.7 Å². The van der Waals surface area contributed by atoms with Crippen molar-refractivity contribution in [1.29, 1.82) is 0 Å². The minimum absolute atomic E-state index is 0.695. The number of para-hydroxylation sites is 1. The summed E-state index contributed by atoms with van der Waals surface area (Å²) in [5.41, 5.74) is 2.59. The highest BCUT2D eigenvalue weighted by Crippen LogP contribution is 2.26. The minimum atomic E-state index is -6.00. The maximum Gasteiger partial charge on any atom is 0.673 e. The van der Waals surface area contributed by atoms with E-state index >= 15 is 0 Å². The van der Waals surface area contributed by atoms with Crippen LogP contribution in [0.4, 0.5) is 40.2 Å². The molecule has 15 heteroatoms. The molecule has 0 saturated heterocycles. The van der Waals surface area contributed by atoms with Gasteiger partial charge in [0.05, 0.1) is 32.8 Å². The highest BCUT2D eigenvalue weighted by Gasteiger charge is 2.21. The van der Waals surface area contributed by atoms with Crippen LogP contribution in [-0.2, 0) is 0 Å². The normalized spacial score (nSPS) is 11.6. The Hall–Kier alpha value is -4.16. The molecule has 1 N–H and O–H groups in total. The Bertz CT molecular complexity index is 1400. The fourth-order valence-electron chi connectivity index (χ4n) is 3.18. The van der Waals surface area contributed by atoms with E-state index in [2.05, 4.69) is 4.99 Å². The Labute approximate surface area is 217 Å². The quantitative estimate of drug-likeness (QED) is 0.238. The van der Waals surface area contributed by atoms with E-state index in [0.717, 1.165) is 44.8 Å². The van der Waals surface area contributed by atoms with Gasteiger partial charge in [-0.1, -0.05) is 12.1 Å². The highest BCUT2D eigenvalue weighted by molar-refractivity contribution is 6.50. The van der Waals surface area contributed by atoms with Crippen LogP contribution in [0.25, 0.3) is 22.3 Å². The first-order chi connectivity index (χ1) is 18.2. The summed E-state index contributed by atoms with van der Waals surface area (Å²) in [6.45, 7) is 0. The molecule has 1 heterocycles. The molecule has 4 aromatic rings. The van der Waals surface area contributed by atoms with Gasteiger partial charge in [0.25, 0.3) is 0 Å². The summed E-state index contributed by atoms with van der Waals surface area (Å²) in [5, 5.41) is 1.89. The second kappa shape index (κ2) is 13.6. The smallest absolute Gasteiger partial charge is 0.497 e. The van der Waals surface area contributed by atoms with Crippen molar-refractivity contribution in [2.45, 2.75) is 0 Å². The molecule has 4 rings (SSSR count). The average Bonchev–Trinajstić information content (AvgIpc) is 2.87. The van der Waals surface area contributed by atoms with Crippen molar-refractivity contribution in [1.82, 2.24) is 0 Å². The van der Waals surface area contributed by atoms with Crippen LogP contribution in [0.2, 0.25) is 0 Å². The molecule has 1 aromatic heterocycles. The molecule has 3 aromatic carbocycles. The molecule has 0 bridgehead atoms. The van der Waals surface area contributed by atoms with Crippen LogP contribution in [0.15, 0.2) is 77.2 Å². The fourth-order valence-corrected chi connectivity index (χ4v) is 3.18. The van der Waals surface area contributed by atoms with Gasteiger partial charge in [0.15, 0.2) is 5.75 Å². The molecule has 0 saturated carbocycles. The summed E-state index contributed by atoms with van der Waals surface area (Å²) < 4.78 is 100. The predicted octanol–water partition coefficient (Wildman–Crippen LogP) is 6.04. The van der Waals surface area contributed by atoms with Crippen molar-refractivity contribution in [2.75, 3.05) is 21.3 Å². The van der Waals surface area contributed by atoms with Crippen LogP contribution >= 0.6 is 0 Å². The van der Waals surface area contributed by atoms with Crippen molar-refractivity contribution in [2.24, 2.45) is 0 Å². The van der Waals surface area contributed by atoms with Crippen molar-refractivity contribution in [3.63, 3.8) is 0 Å². The third kappa shape index (κ3) is 11.0. The Balaban J connectivity index is 0.000000458. The number of benzene rings is 3. The molecule has 0 aliphatic carbocycles. The van der Waals surface area contributed by atoms with E-state index in [1.54, 1.807) is 21.3 Å². The molecule has 210 valence electrons. The van der Waals surface area contributed by atoms with Crippen molar-refractivity contribution < 1.29 is 58.1 Å². The van der Waals surface area contributed by atoms with E-state index in [4.69, 9.17) is 18.6 Å². The van der Waals surface area contributed by atoms with Crippen LogP contribution in [0, 0.1) is 0 Å². The van der Waals surface area contributed by atoms with Crippen molar-refractivity contribution >= 4 is 31.2 Å². The Kier molecular flexibility index (Phi) is 10.8. The molecule has 0 unspecified atom stereocenters. The van der Waals surface area contributed by atoms with Crippen LogP contribution in [-0.4, -0.2) is 35.8 Å². The van der Waals surface area contributed by atoms with E-state index < -0.39 is 14.5 Å². The van der Waals surface area contributed by atoms with Gasteiger partial charge in [-0.25, -0.2) is 4.99 Å². The van der Waals surface area contributed by atoms with Crippen LogP contribution < -0.4 is 24.6 Å². The third-order valence-electron chi connectivity index (χ3n) is 4.73. The van der Waals surface area contributed by atoms with Gasteiger partial charge < -0.3 is 53.2 Å². The first-order valence-corrected chi connectivity index (χ1v) is 11.0. The van der Waals surface area contributed by atoms with Crippen LogP contribution in [0.1, 0.15) is 0 Å². The lowest BCUT2D eigenvalue weighted by Crippen LogP contribution is -2.70. The number of fused-ring (bicyclic) bond motifs is 1. The van der Waals surface area contributed by atoms with Gasteiger partial charge >= 0.3 is 14.5 Å². The number of halogens is 8. The molecule has 0 aliphatic rings. The second-order valence-corrected chi connectivity index (χ2v) is 7.43. The SMILES string of the molecule is COc1ccc(-c2cc(=[NH+]c3ccc(OC)cc3OC)c3ccccc3o2)cc1.F[B-](F)(F)F.F[B-](F)(F)F. The molecular formula is C24H22B2F8NO4-. The second-order valence-electron chi connectivity index (χ2n) is 7.43. The number of nitrogens with one attached hydrogen (secondary N) is 1. The molecule has 5 nitrogen and oxygen atoms in total. The van der Waals surface area contributed by atoms with Crippen LogP contribution in [0.5, 0.6) is 17.2 Å². The van der Waals surface area contributed by atoms with E-state index in [9.17, 15) is 34.5 Å². The summed E-state index contributed by atoms with van der Waals surface area (Å²) >= 11 is 0. The number of hydrogen-bond donors (Lipinski definition) is 1. The summed E-state index contributed by atoms with van der Waals surface area (Å²) in [5.74, 6) is 2.98. The largest absolute Gasteiger partial charge is 0.673 e. The minimum Gasteiger partial charge on any atom is -0.497 e. The third-order valence-corrected chi connectivity index (χ3v) is 4.73. The van der Waals surface area contributed by atoms with Gasteiger partial charge in [0.1, 0.15) is 22.8 Å². The fraction of sp³-hybridized carbons (Fsp3) is 0.125. The summed E-state index contributed by atoms with van der Waals surface area (Å²) in [6, 6.07) is 23.4. The van der Waals surface area contributed by atoms with E-state index in [0.29, 0.717) is 5.75 Å². The van der Waals surface area contributed by atoms with Gasteiger partial charge in [-0.2, -0.15) is 0 Å². The summed E-state index contributed by atoms with van der Waals surface area (Å²) in [6.07, 6.45) is 0. The monoisotopic (exact) mass is 562 g/mol. The number of ether oxygens (including phenoxy) is 3. The van der Waals surface area contributed by atoms with E-state index in [1.807, 2.05) is 72.8 Å². The molecule has 0 fully saturated rings. The van der Waals surface area contributed by atoms with Gasteiger partial charge in [-0.15, -0.1) is 0 Å². The first kappa shape index (κ1) is 31.1. The molecule has 0 radical (unpaired) electrons. The van der Waals surface area contributed by atoms with Crippen LogP contribution in [0.3, 0.4) is 0 Å². The maximum atomic E-state index is 9.75. The molecule has 0 amide bonds. The van der Waals surface area contributed by atoms with Crippen molar-refractivity contribution in [3.05, 3.63) is 78.2 Å². The lowest BCUT2D eigenvalue weighted by molar-refractivity contribution is -0.401. The standard InChI is InChI=1S/C24H21NO4.2BF4/c1-26-17-10-8-16(9-11-17)23-15-21(19-6-4-5-7-22(19)29-23)25-20-13-12-18(27-2)14-24(20)28-3;2*2-1(3,4)5/h4-15H,1-3H3;;/q;2*-1/p+1. The number of methoxy groups -OCH3 is 3. The lowest BCUT2D eigenvalue weighted by Gasteiger charge is -2.05. The molecule has 0 aliphatic heterocycles. The van der Waals surface area contributed by atoms with Crippen molar-refractivity contribution in [3.8, 4) is 28.6 Å². The Morgan fingerprint density at radius 2 is 1.18 bits per heavy atom. The van der Waals surface area contributed by atoms with E-state index in [1.165, 1.54) is 0 Å². The molecular weight excluding hydrogens is 540 g/mol.